The van der Waals surface area contributed by atoms with Gasteiger partial charge in [0.2, 0.25) is 0 Å². The van der Waals surface area contributed by atoms with Crippen LogP contribution in [-0.4, -0.2) is 11.9 Å². The van der Waals surface area contributed by atoms with E-state index in [1.165, 1.54) is 0 Å². The molecule has 1 amide bonds. The number of anilines is 1. The fourth-order valence-corrected chi connectivity index (χ4v) is 3.10. The van der Waals surface area contributed by atoms with Crippen molar-refractivity contribution in [1.29, 1.82) is 0 Å². The summed E-state index contributed by atoms with van der Waals surface area (Å²) in [6.07, 6.45) is -0.360. The van der Waals surface area contributed by atoms with Crippen LogP contribution in [0.2, 0.25) is 5.02 Å². The summed E-state index contributed by atoms with van der Waals surface area (Å²) in [6, 6.07) is 21.0. The van der Waals surface area contributed by atoms with Crippen molar-refractivity contribution in [1.82, 2.24) is 5.32 Å². The summed E-state index contributed by atoms with van der Waals surface area (Å²) >= 11 is 6.02. The predicted molar refractivity (Wildman–Crippen MR) is 103 cm³/mol. The molecule has 3 aromatic rings. The molecule has 1 atom stereocenters. The van der Waals surface area contributed by atoms with Gasteiger partial charge in [-0.15, -0.1) is 0 Å². The average molecular weight is 379 g/mol. The number of ether oxygens (including phenoxy) is 1. The zero-order valence-electron chi connectivity index (χ0n) is 14.1. The van der Waals surface area contributed by atoms with Gasteiger partial charge in [0.05, 0.1) is 16.1 Å². The van der Waals surface area contributed by atoms with Crippen molar-refractivity contribution < 1.29 is 14.3 Å². The Hall–Kier alpha value is -3.31. The average Bonchev–Trinajstić information content (AvgIpc) is 2.69. The van der Waals surface area contributed by atoms with Crippen molar-refractivity contribution in [3.05, 3.63) is 94.5 Å². The van der Waals surface area contributed by atoms with E-state index in [9.17, 15) is 9.59 Å². The molecule has 0 spiro atoms. The molecule has 134 valence electrons. The normalized spacial score (nSPS) is 15.3. The molecule has 6 heteroatoms. The van der Waals surface area contributed by atoms with Crippen LogP contribution >= 0.6 is 11.6 Å². The summed E-state index contributed by atoms with van der Waals surface area (Å²) in [5, 5.41) is 6.53. The van der Waals surface area contributed by atoms with Gasteiger partial charge in [-0.05, 0) is 42.0 Å². The molecule has 1 unspecified atom stereocenters. The molecule has 1 aliphatic rings. The lowest BCUT2D eigenvalue weighted by Gasteiger charge is -2.28. The smallest absolute Gasteiger partial charge is 0.345 e. The number of nitrogens with one attached hydrogen (secondary N) is 2. The van der Waals surface area contributed by atoms with Crippen LogP contribution in [0.15, 0.2) is 72.8 Å². The highest BCUT2D eigenvalue weighted by Crippen LogP contribution is 2.27. The Balaban J connectivity index is 1.49. The van der Waals surface area contributed by atoms with E-state index in [0.29, 0.717) is 21.9 Å². The summed E-state index contributed by atoms with van der Waals surface area (Å²) in [5.74, 6) is -0.263. The number of benzene rings is 3. The first kappa shape index (κ1) is 17.1. The van der Waals surface area contributed by atoms with Crippen molar-refractivity contribution in [2.75, 3.05) is 5.32 Å². The molecule has 0 aliphatic carbocycles. The maximum Gasteiger partial charge on any atom is 0.345 e. The van der Waals surface area contributed by atoms with Crippen molar-refractivity contribution in [2.45, 2.75) is 6.17 Å². The standard InChI is InChI=1S/C21H15ClN2O3/c22-17-7-3-1-5-15(17)21(26)27-14-11-9-13(10-12-14)19-23-18-8-4-2-6-16(18)20(25)24-19/h1-12,19,23H,(H,24,25). The minimum absolute atomic E-state index is 0.136. The molecule has 0 radical (unpaired) electrons. The second kappa shape index (κ2) is 7.13. The number of carbonyl (C=O) groups is 2. The Morgan fingerprint density at radius 1 is 0.889 bits per heavy atom. The van der Waals surface area contributed by atoms with Gasteiger partial charge in [0.25, 0.3) is 5.91 Å². The van der Waals surface area contributed by atoms with Crippen LogP contribution in [0.4, 0.5) is 5.69 Å². The Labute approximate surface area is 160 Å². The van der Waals surface area contributed by atoms with Crippen LogP contribution in [-0.2, 0) is 0 Å². The largest absolute Gasteiger partial charge is 0.423 e. The highest BCUT2D eigenvalue weighted by Gasteiger charge is 2.24. The van der Waals surface area contributed by atoms with Gasteiger partial charge < -0.3 is 15.4 Å². The summed E-state index contributed by atoms with van der Waals surface area (Å²) in [4.78, 5) is 24.5. The van der Waals surface area contributed by atoms with Crippen molar-refractivity contribution in [3.8, 4) is 5.75 Å². The molecule has 1 aliphatic heterocycles. The topological polar surface area (TPSA) is 67.4 Å². The number of halogens is 1. The third-order valence-corrected chi connectivity index (χ3v) is 4.59. The van der Waals surface area contributed by atoms with Gasteiger partial charge in [-0.2, -0.15) is 0 Å². The zero-order valence-corrected chi connectivity index (χ0v) is 14.9. The molecule has 5 nitrogen and oxygen atoms in total. The Kier molecular flexibility index (Phi) is 4.52. The molecule has 0 bridgehead atoms. The maximum absolute atomic E-state index is 12.2. The van der Waals surface area contributed by atoms with Gasteiger partial charge in [0, 0.05) is 5.69 Å². The number of rotatable bonds is 3. The Morgan fingerprint density at radius 3 is 2.37 bits per heavy atom. The number of hydrogen-bond donors (Lipinski definition) is 2. The molecule has 27 heavy (non-hydrogen) atoms. The number of esters is 1. The first-order valence-electron chi connectivity index (χ1n) is 8.35. The Bertz CT molecular complexity index is 1020. The van der Waals surface area contributed by atoms with E-state index in [1.807, 2.05) is 18.2 Å². The van der Waals surface area contributed by atoms with E-state index < -0.39 is 5.97 Å². The molecule has 4 rings (SSSR count). The van der Waals surface area contributed by atoms with E-state index in [2.05, 4.69) is 10.6 Å². The third-order valence-electron chi connectivity index (χ3n) is 4.26. The van der Waals surface area contributed by atoms with Crippen LogP contribution in [0, 0.1) is 0 Å². The first-order valence-corrected chi connectivity index (χ1v) is 8.73. The molecule has 0 saturated carbocycles. The third kappa shape index (κ3) is 3.50. The number of carbonyl (C=O) groups excluding carboxylic acids is 2. The predicted octanol–water partition coefficient (Wildman–Crippen LogP) is 4.41. The summed E-state index contributed by atoms with van der Waals surface area (Å²) in [7, 11) is 0. The molecular weight excluding hydrogens is 364 g/mol. The quantitative estimate of drug-likeness (QED) is 0.523. The van der Waals surface area contributed by atoms with Crippen LogP contribution in [0.5, 0.6) is 5.75 Å². The van der Waals surface area contributed by atoms with Gasteiger partial charge in [-0.3, -0.25) is 4.79 Å². The summed E-state index contributed by atoms with van der Waals surface area (Å²) in [6.45, 7) is 0. The molecule has 0 aromatic heterocycles. The van der Waals surface area contributed by atoms with Crippen LogP contribution in [0.25, 0.3) is 0 Å². The van der Waals surface area contributed by atoms with Crippen LogP contribution in [0.3, 0.4) is 0 Å². The summed E-state index contributed by atoms with van der Waals surface area (Å²) < 4.78 is 5.37. The lowest BCUT2D eigenvalue weighted by atomic mass is 10.1. The van der Waals surface area contributed by atoms with Crippen molar-refractivity contribution in [2.24, 2.45) is 0 Å². The van der Waals surface area contributed by atoms with E-state index >= 15 is 0 Å². The van der Waals surface area contributed by atoms with Gasteiger partial charge >= 0.3 is 5.97 Å². The van der Waals surface area contributed by atoms with E-state index in [-0.39, 0.29) is 12.1 Å². The number of para-hydroxylation sites is 1. The van der Waals surface area contributed by atoms with Crippen molar-refractivity contribution in [3.63, 3.8) is 0 Å². The fraction of sp³-hybridized carbons (Fsp3) is 0.0476. The monoisotopic (exact) mass is 378 g/mol. The fourth-order valence-electron chi connectivity index (χ4n) is 2.89. The van der Waals surface area contributed by atoms with Gasteiger partial charge in [0.1, 0.15) is 11.9 Å². The van der Waals surface area contributed by atoms with E-state index in [4.69, 9.17) is 16.3 Å². The highest BCUT2D eigenvalue weighted by molar-refractivity contribution is 6.33. The minimum atomic E-state index is -0.522. The molecule has 2 N–H and O–H groups in total. The molecule has 0 saturated heterocycles. The van der Waals surface area contributed by atoms with Gasteiger partial charge in [0.15, 0.2) is 0 Å². The van der Waals surface area contributed by atoms with Gasteiger partial charge in [-0.25, -0.2) is 4.79 Å². The summed E-state index contributed by atoms with van der Waals surface area (Å²) in [5.41, 5.74) is 2.54. The van der Waals surface area contributed by atoms with E-state index in [0.717, 1.165) is 11.3 Å². The number of fused-ring (bicyclic) bond motifs is 1. The van der Waals surface area contributed by atoms with Crippen LogP contribution < -0.4 is 15.4 Å². The van der Waals surface area contributed by atoms with E-state index in [1.54, 1.807) is 54.6 Å². The second-order valence-corrected chi connectivity index (χ2v) is 6.44. The first-order chi connectivity index (χ1) is 13.1. The molecular formula is C21H15ClN2O3. The van der Waals surface area contributed by atoms with Crippen molar-refractivity contribution >= 4 is 29.2 Å². The number of hydrogen-bond acceptors (Lipinski definition) is 4. The Morgan fingerprint density at radius 2 is 1.59 bits per heavy atom. The highest BCUT2D eigenvalue weighted by atomic mass is 35.5. The SMILES string of the molecule is O=C(Oc1ccc(C2NC(=O)c3ccccc3N2)cc1)c1ccccc1Cl. The van der Waals surface area contributed by atoms with Crippen LogP contribution in [0.1, 0.15) is 32.4 Å². The second-order valence-electron chi connectivity index (χ2n) is 6.03. The lowest BCUT2D eigenvalue weighted by Crippen LogP contribution is -2.38. The van der Waals surface area contributed by atoms with Gasteiger partial charge in [-0.1, -0.05) is 48.0 Å². The number of amides is 1. The molecule has 0 fully saturated rings. The lowest BCUT2D eigenvalue weighted by molar-refractivity contribution is 0.0734. The molecule has 3 aromatic carbocycles. The molecule has 1 heterocycles. The maximum atomic E-state index is 12.2. The zero-order chi connectivity index (χ0) is 18.8. The minimum Gasteiger partial charge on any atom is -0.423 e.